The molecule has 0 aromatic carbocycles. The lowest BCUT2D eigenvalue weighted by molar-refractivity contribution is 0.148. The van der Waals surface area contributed by atoms with Crippen LogP contribution in [0.5, 0.6) is 0 Å². The van der Waals surface area contributed by atoms with Gasteiger partial charge in [0, 0.05) is 6.42 Å². The maximum absolute atomic E-state index is 9.33. The molecule has 1 heteroatoms. The Hall–Kier alpha value is -0.560. The van der Waals surface area contributed by atoms with E-state index in [-0.39, 0.29) is 0 Å². The Morgan fingerprint density at radius 1 is 1.67 bits per heavy atom. The third-order valence-corrected chi connectivity index (χ3v) is 1.21. The molecule has 2 radical (unpaired) electrons. The van der Waals surface area contributed by atoms with Crippen LogP contribution in [0.2, 0.25) is 0 Å². The van der Waals surface area contributed by atoms with E-state index in [9.17, 15) is 5.11 Å². The Kier molecular flexibility index (Phi) is 1.45. The minimum absolute atomic E-state index is 0.779. The van der Waals surface area contributed by atoms with Gasteiger partial charge in [0.15, 0.2) is 0 Å². The molecule has 48 valence electrons. The van der Waals surface area contributed by atoms with E-state index >= 15 is 0 Å². The smallest absolute Gasteiger partial charge is 0.0880 e. The zero-order chi connectivity index (χ0) is 6.91. The molecule has 1 rings (SSSR count). The van der Waals surface area contributed by atoms with Crippen LogP contribution in [-0.4, -0.2) is 10.7 Å². The van der Waals surface area contributed by atoms with Crippen LogP contribution in [0.3, 0.4) is 0 Å². The van der Waals surface area contributed by atoms with E-state index in [0.717, 1.165) is 5.57 Å². The zero-order valence-corrected chi connectivity index (χ0v) is 5.68. The monoisotopic (exact) mass is 122 g/mol. The third-order valence-electron chi connectivity index (χ3n) is 1.21. The van der Waals surface area contributed by atoms with Crippen LogP contribution in [0.1, 0.15) is 13.8 Å². The molecule has 0 spiro atoms. The summed E-state index contributed by atoms with van der Waals surface area (Å²) in [5.74, 6) is 0. The average Bonchev–Trinajstić information content (AvgIpc) is 1.60. The highest BCUT2D eigenvalue weighted by molar-refractivity contribution is 5.29. The largest absolute Gasteiger partial charge is 0.385 e. The summed E-state index contributed by atoms with van der Waals surface area (Å²) in [5, 5.41) is 9.33. The lowest BCUT2D eigenvalue weighted by Crippen LogP contribution is -2.23. The van der Waals surface area contributed by atoms with Crippen LogP contribution >= 0.6 is 0 Å². The molecule has 1 aliphatic carbocycles. The second-order valence-corrected chi connectivity index (χ2v) is 2.57. The van der Waals surface area contributed by atoms with Crippen molar-refractivity contribution in [3.05, 3.63) is 30.2 Å². The fourth-order valence-corrected chi connectivity index (χ4v) is 0.886. The molecule has 1 nitrogen and oxygen atoms in total. The van der Waals surface area contributed by atoms with Gasteiger partial charge in [-0.05, 0) is 26.0 Å². The van der Waals surface area contributed by atoms with Crippen molar-refractivity contribution in [1.29, 1.82) is 0 Å². The molecular formula is C8H10O. The predicted molar refractivity (Wildman–Crippen MR) is 36.5 cm³/mol. The predicted octanol–water partition coefficient (Wildman–Crippen LogP) is 1.26. The van der Waals surface area contributed by atoms with Gasteiger partial charge in [-0.3, -0.25) is 0 Å². The molecule has 1 N–H and O–H groups in total. The highest BCUT2D eigenvalue weighted by atomic mass is 16.3. The molecule has 0 aliphatic heterocycles. The van der Waals surface area contributed by atoms with Crippen molar-refractivity contribution in [3.63, 3.8) is 0 Å². The van der Waals surface area contributed by atoms with E-state index in [0.29, 0.717) is 0 Å². The van der Waals surface area contributed by atoms with Crippen molar-refractivity contribution in [2.45, 2.75) is 19.4 Å². The van der Waals surface area contributed by atoms with Gasteiger partial charge in [0.25, 0.3) is 0 Å². The van der Waals surface area contributed by atoms with Gasteiger partial charge < -0.3 is 5.11 Å². The number of aliphatic hydroxyl groups is 1. The molecule has 0 aromatic heterocycles. The van der Waals surface area contributed by atoms with Crippen LogP contribution in [0.4, 0.5) is 0 Å². The number of hydrogen-bond acceptors (Lipinski definition) is 1. The first-order valence-corrected chi connectivity index (χ1v) is 2.96. The summed E-state index contributed by atoms with van der Waals surface area (Å²) in [6, 6.07) is 0. The quantitative estimate of drug-likeness (QED) is 0.513. The summed E-state index contributed by atoms with van der Waals surface area (Å²) < 4.78 is 0. The highest BCUT2D eigenvalue weighted by Crippen LogP contribution is 2.19. The second-order valence-electron chi connectivity index (χ2n) is 2.57. The van der Waals surface area contributed by atoms with Crippen LogP contribution < -0.4 is 0 Å². The van der Waals surface area contributed by atoms with Crippen molar-refractivity contribution in [2.75, 3.05) is 0 Å². The fourth-order valence-electron chi connectivity index (χ4n) is 0.886. The molecule has 1 unspecified atom stereocenters. The first kappa shape index (κ1) is 6.56. The fraction of sp³-hybridized carbons (Fsp3) is 0.375. The molecule has 0 saturated carbocycles. The summed E-state index contributed by atoms with van der Waals surface area (Å²) in [6.07, 6.45) is 8.14. The van der Waals surface area contributed by atoms with Gasteiger partial charge in [0.05, 0.1) is 5.60 Å². The lowest BCUT2D eigenvalue weighted by atomic mass is 9.93. The van der Waals surface area contributed by atoms with E-state index in [1.54, 1.807) is 19.4 Å². The molecule has 1 aliphatic rings. The van der Waals surface area contributed by atoms with Crippen LogP contribution in [0.15, 0.2) is 17.7 Å². The van der Waals surface area contributed by atoms with E-state index in [1.165, 1.54) is 0 Å². The minimum Gasteiger partial charge on any atom is -0.385 e. The van der Waals surface area contributed by atoms with E-state index in [2.05, 4.69) is 6.08 Å². The van der Waals surface area contributed by atoms with Gasteiger partial charge in [0.2, 0.25) is 0 Å². The first-order valence-electron chi connectivity index (χ1n) is 2.96. The normalized spacial score (nSPS) is 34.3. The van der Waals surface area contributed by atoms with Gasteiger partial charge in [-0.15, -0.1) is 0 Å². The van der Waals surface area contributed by atoms with Crippen LogP contribution in [0.25, 0.3) is 0 Å². The van der Waals surface area contributed by atoms with Gasteiger partial charge in [-0.25, -0.2) is 0 Å². The number of rotatable bonds is 0. The average molecular weight is 122 g/mol. The molecule has 0 bridgehead atoms. The maximum atomic E-state index is 9.33. The Balaban J connectivity index is 2.73. The Labute approximate surface area is 55.7 Å². The molecule has 0 fully saturated rings. The SMILES string of the molecule is CC1=C[C]=CC(C)(O)[CH]1. The van der Waals surface area contributed by atoms with Gasteiger partial charge in [-0.1, -0.05) is 11.6 Å². The number of allylic oxidation sites excluding steroid dienone is 2. The Bertz CT molecular complexity index is 163. The Morgan fingerprint density at radius 2 is 2.33 bits per heavy atom. The lowest BCUT2D eigenvalue weighted by Gasteiger charge is -2.20. The van der Waals surface area contributed by atoms with Crippen molar-refractivity contribution in [2.24, 2.45) is 0 Å². The van der Waals surface area contributed by atoms with Gasteiger partial charge >= 0.3 is 0 Å². The standard InChI is InChI=1S/C8H10O/c1-7-4-3-5-8(2,9)6-7/h4-6,9H,1-2H3. The van der Waals surface area contributed by atoms with Crippen LogP contribution in [0, 0.1) is 12.5 Å². The summed E-state index contributed by atoms with van der Waals surface area (Å²) in [6.45, 7) is 3.67. The molecule has 0 aromatic rings. The van der Waals surface area contributed by atoms with E-state index in [4.69, 9.17) is 0 Å². The Morgan fingerprint density at radius 3 is 2.67 bits per heavy atom. The van der Waals surface area contributed by atoms with E-state index in [1.807, 2.05) is 13.0 Å². The second kappa shape index (κ2) is 1.99. The highest BCUT2D eigenvalue weighted by Gasteiger charge is 2.18. The first-order chi connectivity index (χ1) is 4.10. The van der Waals surface area contributed by atoms with Gasteiger partial charge in [-0.2, -0.15) is 0 Å². The van der Waals surface area contributed by atoms with Crippen molar-refractivity contribution >= 4 is 0 Å². The molecule has 0 heterocycles. The van der Waals surface area contributed by atoms with Crippen molar-refractivity contribution in [1.82, 2.24) is 0 Å². The van der Waals surface area contributed by atoms with Crippen molar-refractivity contribution in [3.8, 4) is 0 Å². The molecule has 0 saturated heterocycles. The molecule has 1 atom stereocenters. The van der Waals surface area contributed by atoms with Crippen LogP contribution in [-0.2, 0) is 0 Å². The summed E-state index contributed by atoms with van der Waals surface area (Å²) in [5.41, 5.74) is 0.279. The van der Waals surface area contributed by atoms with Crippen molar-refractivity contribution < 1.29 is 5.11 Å². The van der Waals surface area contributed by atoms with Gasteiger partial charge in [0.1, 0.15) is 0 Å². The summed E-state index contributed by atoms with van der Waals surface area (Å²) in [4.78, 5) is 0. The minimum atomic E-state index is -0.779. The topological polar surface area (TPSA) is 20.2 Å². The third kappa shape index (κ3) is 1.68. The molecule has 0 amide bonds. The maximum Gasteiger partial charge on any atom is 0.0880 e. The molecule has 9 heavy (non-hydrogen) atoms. The zero-order valence-electron chi connectivity index (χ0n) is 5.68. The summed E-state index contributed by atoms with van der Waals surface area (Å²) >= 11 is 0. The van der Waals surface area contributed by atoms with E-state index < -0.39 is 5.60 Å². The molecular weight excluding hydrogens is 112 g/mol. The number of hydrogen-bond donors (Lipinski definition) is 1. The summed E-state index contributed by atoms with van der Waals surface area (Å²) in [7, 11) is 0.